The molecule has 0 radical (unpaired) electrons. The summed E-state index contributed by atoms with van der Waals surface area (Å²) in [6.45, 7) is 4.45. The first-order valence-electron chi connectivity index (χ1n) is 8.62. The van der Waals surface area contributed by atoms with Gasteiger partial charge in [0.15, 0.2) is 0 Å². The maximum absolute atomic E-state index is 12.8. The van der Waals surface area contributed by atoms with E-state index in [-0.39, 0.29) is 23.1 Å². The first-order chi connectivity index (χ1) is 11.5. The minimum Gasteiger partial charge on any atom is -0.464 e. The molecule has 0 aromatic carbocycles. The van der Waals surface area contributed by atoms with Crippen LogP contribution in [-0.2, 0) is 6.54 Å². The van der Waals surface area contributed by atoms with Gasteiger partial charge in [0.25, 0.3) is 11.5 Å². The normalized spacial score (nSPS) is 22.4. The van der Waals surface area contributed by atoms with Crippen molar-refractivity contribution in [2.24, 2.45) is 5.92 Å². The van der Waals surface area contributed by atoms with E-state index in [0.717, 1.165) is 30.1 Å². The molecule has 2 aromatic heterocycles. The van der Waals surface area contributed by atoms with E-state index in [9.17, 15) is 9.59 Å². The van der Waals surface area contributed by atoms with Crippen LogP contribution < -0.4 is 5.56 Å². The summed E-state index contributed by atoms with van der Waals surface area (Å²) in [5.74, 6) is 2.83. The monoisotopic (exact) mass is 326 g/mol. The maximum Gasteiger partial charge on any atom is 0.260 e. The number of carbonyl (C=O) groups excluding carboxylic acids is 1. The van der Waals surface area contributed by atoms with E-state index in [1.165, 1.54) is 6.42 Å². The lowest BCUT2D eigenvalue weighted by Crippen LogP contribution is -2.36. The minimum absolute atomic E-state index is 0.204. The Bertz CT molecular complexity index is 831. The van der Waals surface area contributed by atoms with Gasteiger partial charge in [-0.05, 0) is 56.4 Å². The second kappa shape index (κ2) is 5.65. The zero-order valence-electron chi connectivity index (χ0n) is 14.0. The van der Waals surface area contributed by atoms with Crippen LogP contribution in [0.3, 0.4) is 0 Å². The van der Waals surface area contributed by atoms with E-state index in [1.807, 2.05) is 12.1 Å². The molecule has 0 bridgehead atoms. The lowest BCUT2D eigenvalue weighted by molar-refractivity contribution is 0.0715. The highest BCUT2D eigenvalue weighted by Crippen LogP contribution is 2.47. The van der Waals surface area contributed by atoms with E-state index >= 15 is 0 Å². The number of pyridine rings is 1. The average Bonchev–Trinajstić information content (AvgIpc) is 3.45. The van der Waals surface area contributed by atoms with Gasteiger partial charge in [-0.3, -0.25) is 9.59 Å². The van der Waals surface area contributed by atoms with Gasteiger partial charge >= 0.3 is 0 Å². The molecule has 1 N–H and O–H groups in total. The molecule has 5 nitrogen and oxygen atoms in total. The number of H-pyrrole nitrogens is 1. The Morgan fingerprint density at radius 1 is 1.29 bits per heavy atom. The summed E-state index contributed by atoms with van der Waals surface area (Å²) in [5.41, 5.74) is 0.636. The Balaban J connectivity index is 1.55. The Morgan fingerprint density at radius 2 is 2.04 bits per heavy atom. The average molecular weight is 326 g/mol. The van der Waals surface area contributed by atoms with Crippen molar-refractivity contribution in [3.05, 3.63) is 57.4 Å². The van der Waals surface area contributed by atoms with Crippen LogP contribution in [0.25, 0.3) is 0 Å². The number of aromatic nitrogens is 1. The van der Waals surface area contributed by atoms with Crippen molar-refractivity contribution >= 4 is 5.91 Å². The van der Waals surface area contributed by atoms with Gasteiger partial charge in [-0.1, -0.05) is 6.92 Å². The first kappa shape index (κ1) is 15.2. The van der Waals surface area contributed by atoms with Crippen molar-refractivity contribution in [3.63, 3.8) is 0 Å². The van der Waals surface area contributed by atoms with E-state index in [1.54, 1.807) is 24.0 Å². The predicted octanol–water partition coefficient (Wildman–Crippen LogP) is 3.20. The van der Waals surface area contributed by atoms with Crippen LogP contribution in [0.2, 0.25) is 0 Å². The Kier molecular flexibility index (Phi) is 3.59. The molecule has 2 aliphatic rings. The topological polar surface area (TPSA) is 66.3 Å². The van der Waals surface area contributed by atoms with E-state index in [4.69, 9.17) is 4.42 Å². The molecule has 0 spiro atoms. The summed E-state index contributed by atoms with van der Waals surface area (Å²) in [5, 5.41) is 0. The number of aryl methyl sites for hydroxylation is 1. The minimum atomic E-state index is -0.322. The van der Waals surface area contributed by atoms with Crippen molar-refractivity contribution in [1.82, 2.24) is 9.88 Å². The molecule has 2 atom stereocenters. The zero-order chi connectivity index (χ0) is 16.8. The summed E-state index contributed by atoms with van der Waals surface area (Å²) in [6.07, 6.45) is 3.16. The van der Waals surface area contributed by atoms with Crippen LogP contribution in [0.15, 0.2) is 33.5 Å². The molecule has 2 fully saturated rings. The number of amides is 1. The third-order valence-corrected chi connectivity index (χ3v) is 5.02. The van der Waals surface area contributed by atoms with Gasteiger partial charge in [0.1, 0.15) is 17.1 Å². The van der Waals surface area contributed by atoms with E-state index < -0.39 is 0 Å². The number of rotatable bonds is 5. The molecule has 0 aliphatic heterocycles. The van der Waals surface area contributed by atoms with Crippen molar-refractivity contribution in [2.75, 3.05) is 0 Å². The van der Waals surface area contributed by atoms with E-state index in [0.29, 0.717) is 18.4 Å². The van der Waals surface area contributed by atoms with Gasteiger partial charge in [0.05, 0.1) is 6.54 Å². The lowest BCUT2D eigenvalue weighted by atomic mass is 10.2. The van der Waals surface area contributed by atoms with Gasteiger partial charge in [-0.15, -0.1) is 0 Å². The first-order valence-corrected chi connectivity index (χ1v) is 8.62. The SMILES string of the molecule is Cc1ccc(C(=O)N(Cc2ccc([C@H]3C[C@@H]3C)o2)C2CC2)c(=O)[nH]1. The number of carbonyl (C=O) groups is 1. The third-order valence-electron chi connectivity index (χ3n) is 5.02. The highest BCUT2D eigenvalue weighted by Gasteiger charge is 2.38. The lowest BCUT2D eigenvalue weighted by Gasteiger charge is -2.21. The van der Waals surface area contributed by atoms with Crippen LogP contribution in [0.5, 0.6) is 0 Å². The smallest absolute Gasteiger partial charge is 0.260 e. The summed E-state index contributed by atoms with van der Waals surface area (Å²) in [6, 6.07) is 7.58. The summed E-state index contributed by atoms with van der Waals surface area (Å²) < 4.78 is 5.94. The Labute approximate surface area is 140 Å². The fourth-order valence-electron chi connectivity index (χ4n) is 3.21. The summed E-state index contributed by atoms with van der Waals surface area (Å²) >= 11 is 0. The zero-order valence-corrected chi connectivity index (χ0v) is 14.0. The molecular formula is C19H22N2O3. The largest absolute Gasteiger partial charge is 0.464 e. The van der Waals surface area contributed by atoms with Crippen molar-refractivity contribution < 1.29 is 9.21 Å². The van der Waals surface area contributed by atoms with Gasteiger partial charge in [-0.2, -0.15) is 0 Å². The van der Waals surface area contributed by atoms with Crippen molar-refractivity contribution in [1.29, 1.82) is 0 Å². The maximum atomic E-state index is 12.8. The fourth-order valence-corrected chi connectivity index (χ4v) is 3.21. The van der Waals surface area contributed by atoms with Crippen LogP contribution in [0.4, 0.5) is 0 Å². The molecule has 4 rings (SSSR count). The number of nitrogens with one attached hydrogen (secondary N) is 1. The molecule has 24 heavy (non-hydrogen) atoms. The molecule has 0 saturated heterocycles. The third kappa shape index (κ3) is 2.90. The summed E-state index contributed by atoms with van der Waals surface area (Å²) in [7, 11) is 0. The van der Waals surface area contributed by atoms with Gasteiger partial charge in [0.2, 0.25) is 0 Å². The Hall–Kier alpha value is -2.30. The molecule has 2 saturated carbocycles. The highest BCUT2D eigenvalue weighted by molar-refractivity contribution is 5.94. The number of hydrogen-bond donors (Lipinski definition) is 1. The van der Waals surface area contributed by atoms with Gasteiger partial charge < -0.3 is 14.3 Å². The summed E-state index contributed by atoms with van der Waals surface area (Å²) in [4.78, 5) is 29.4. The standard InChI is InChI=1S/C19H22N2O3/c1-11-9-16(11)17-8-6-14(24-17)10-21(13-4-5-13)19(23)15-7-3-12(2)20-18(15)22/h3,6-8,11,13,16H,4-5,9-10H2,1-2H3,(H,20,22)/t11-,16-/m0/s1. The molecule has 5 heteroatoms. The molecule has 2 aliphatic carbocycles. The van der Waals surface area contributed by atoms with Crippen molar-refractivity contribution in [3.8, 4) is 0 Å². The molecule has 2 heterocycles. The molecular weight excluding hydrogens is 304 g/mol. The number of furan rings is 1. The van der Waals surface area contributed by atoms with Crippen LogP contribution in [0.1, 0.15) is 59.7 Å². The quantitative estimate of drug-likeness (QED) is 0.917. The van der Waals surface area contributed by atoms with E-state index in [2.05, 4.69) is 11.9 Å². The second-order valence-electron chi connectivity index (χ2n) is 7.17. The second-order valence-corrected chi connectivity index (χ2v) is 7.17. The number of aromatic amines is 1. The van der Waals surface area contributed by atoms with Crippen LogP contribution in [0, 0.1) is 12.8 Å². The molecule has 0 unspecified atom stereocenters. The fraction of sp³-hybridized carbons (Fsp3) is 0.474. The van der Waals surface area contributed by atoms with Crippen LogP contribution >= 0.6 is 0 Å². The number of nitrogens with zero attached hydrogens (tertiary/aromatic N) is 1. The predicted molar refractivity (Wildman–Crippen MR) is 89.9 cm³/mol. The molecule has 2 aromatic rings. The molecule has 1 amide bonds. The Morgan fingerprint density at radius 3 is 2.67 bits per heavy atom. The molecule has 126 valence electrons. The number of hydrogen-bond acceptors (Lipinski definition) is 3. The van der Waals surface area contributed by atoms with Gasteiger partial charge in [0, 0.05) is 17.7 Å². The highest BCUT2D eigenvalue weighted by atomic mass is 16.3. The van der Waals surface area contributed by atoms with Crippen molar-refractivity contribution in [2.45, 2.75) is 51.6 Å². The van der Waals surface area contributed by atoms with Gasteiger partial charge in [-0.25, -0.2) is 0 Å². The van der Waals surface area contributed by atoms with Crippen LogP contribution in [-0.4, -0.2) is 21.8 Å².